The molecule has 0 atom stereocenters. The first kappa shape index (κ1) is 12.7. The summed E-state index contributed by atoms with van der Waals surface area (Å²) in [5.74, 6) is 1.21. The van der Waals surface area contributed by atoms with Crippen molar-refractivity contribution in [1.82, 2.24) is 0 Å². The van der Waals surface area contributed by atoms with Gasteiger partial charge < -0.3 is 14.3 Å². The summed E-state index contributed by atoms with van der Waals surface area (Å²) in [7, 11) is 0. The number of ether oxygens (including phenoxy) is 1. The highest BCUT2D eigenvalue weighted by Crippen LogP contribution is 2.31. The van der Waals surface area contributed by atoms with E-state index in [2.05, 4.69) is 0 Å². The van der Waals surface area contributed by atoms with Crippen LogP contribution in [0.4, 0.5) is 0 Å². The lowest BCUT2D eigenvalue weighted by atomic mass is 10.1. The molecule has 4 nitrogen and oxygen atoms in total. The largest absolute Gasteiger partial charge is 0.507 e. The van der Waals surface area contributed by atoms with Crippen molar-refractivity contribution in [2.75, 3.05) is 6.61 Å². The molecular weight excluding hydrogens is 280 g/mol. The van der Waals surface area contributed by atoms with Crippen LogP contribution in [0, 0.1) is 0 Å². The number of phenols is 1. The molecule has 0 amide bonds. The first-order valence-electron chi connectivity index (χ1n) is 6.92. The van der Waals surface area contributed by atoms with Gasteiger partial charge in [-0.05, 0) is 36.4 Å². The monoisotopic (exact) mass is 292 g/mol. The zero-order valence-electron chi connectivity index (χ0n) is 11.6. The van der Waals surface area contributed by atoms with Crippen molar-refractivity contribution in [2.24, 2.45) is 0 Å². The fourth-order valence-electron chi connectivity index (χ4n) is 2.61. The summed E-state index contributed by atoms with van der Waals surface area (Å²) in [5.41, 5.74) is 1.84. The maximum atomic E-state index is 12.2. The molecule has 0 bridgehead atoms. The number of phenolic OH excluding ortho intramolecular Hbond substituents is 1. The molecule has 0 aliphatic carbocycles. The first-order valence-corrected chi connectivity index (χ1v) is 6.92. The molecule has 0 fully saturated rings. The van der Waals surface area contributed by atoms with Crippen molar-refractivity contribution >= 4 is 17.0 Å². The summed E-state index contributed by atoms with van der Waals surface area (Å²) < 4.78 is 11.3. The highest BCUT2D eigenvalue weighted by molar-refractivity contribution is 5.84. The van der Waals surface area contributed by atoms with Crippen LogP contribution in [0.25, 0.3) is 28.4 Å². The average Bonchev–Trinajstić information content (AvgIpc) is 2.54. The number of benzene rings is 2. The van der Waals surface area contributed by atoms with E-state index in [-0.39, 0.29) is 16.6 Å². The van der Waals surface area contributed by atoms with Crippen LogP contribution in [0.15, 0.2) is 57.8 Å². The van der Waals surface area contributed by atoms with Gasteiger partial charge in [-0.15, -0.1) is 0 Å². The molecule has 2 aromatic carbocycles. The smallest absolute Gasteiger partial charge is 0.197 e. The highest BCUT2D eigenvalue weighted by Gasteiger charge is 2.12. The Morgan fingerprint density at radius 1 is 1.09 bits per heavy atom. The molecule has 0 spiro atoms. The van der Waals surface area contributed by atoms with Crippen LogP contribution in [-0.2, 0) is 0 Å². The van der Waals surface area contributed by atoms with Gasteiger partial charge in [0.25, 0.3) is 0 Å². The Morgan fingerprint density at radius 3 is 2.91 bits per heavy atom. The van der Waals surface area contributed by atoms with Gasteiger partial charge >= 0.3 is 0 Å². The normalized spacial score (nSPS) is 12.9. The first-order chi connectivity index (χ1) is 10.7. The molecule has 0 radical (unpaired) electrons. The minimum atomic E-state index is -0.265. The topological polar surface area (TPSA) is 59.7 Å². The maximum Gasteiger partial charge on any atom is 0.197 e. The molecule has 0 unspecified atom stereocenters. The molecule has 0 saturated heterocycles. The fourth-order valence-corrected chi connectivity index (χ4v) is 2.61. The molecule has 22 heavy (non-hydrogen) atoms. The lowest BCUT2D eigenvalue weighted by Gasteiger charge is -2.13. The molecule has 4 rings (SSSR count). The summed E-state index contributed by atoms with van der Waals surface area (Å²) in [6, 6.07) is 11.8. The minimum Gasteiger partial charge on any atom is -0.507 e. The Morgan fingerprint density at radius 2 is 2.00 bits per heavy atom. The molecule has 1 N–H and O–H groups in total. The average molecular weight is 292 g/mol. The third kappa shape index (κ3) is 1.97. The molecule has 4 heteroatoms. The fraction of sp³-hybridized carbons (Fsp3) is 0.0556. The summed E-state index contributed by atoms with van der Waals surface area (Å²) >= 11 is 0. The van der Waals surface area contributed by atoms with Crippen LogP contribution in [-0.4, -0.2) is 11.7 Å². The lowest BCUT2D eigenvalue weighted by Crippen LogP contribution is -2.02. The number of rotatable bonds is 1. The Balaban J connectivity index is 1.92. The van der Waals surface area contributed by atoms with E-state index in [4.69, 9.17) is 9.15 Å². The molecular formula is C18H12O4. The van der Waals surface area contributed by atoms with E-state index in [9.17, 15) is 9.90 Å². The molecule has 3 aromatic rings. The second-order valence-electron chi connectivity index (χ2n) is 5.09. The summed E-state index contributed by atoms with van der Waals surface area (Å²) in [4.78, 5) is 12.2. The van der Waals surface area contributed by atoms with Crippen LogP contribution in [0.5, 0.6) is 11.5 Å². The number of aromatic hydroxyl groups is 1. The molecule has 1 aliphatic rings. The van der Waals surface area contributed by atoms with Crippen molar-refractivity contribution in [3.8, 4) is 22.8 Å². The van der Waals surface area contributed by atoms with Crippen molar-refractivity contribution in [3.05, 3.63) is 64.3 Å². The van der Waals surface area contributed by atoms with E-state index in [1.54, 1.807) is 12.1 Å². The van der Waals surface area contributed by atoms with E-state index in [1.165, 1.54) is 12.1 Å². The standard InChI is InChI=1S/C18H12O4/c19-13-4-1-5-16-18(13)14(20)10-17(22-16)12-6-7-15-11(9-12)3-2-8-21-15/h1-7,9-10,19H,8H2. The Labute approximate surface area is 125 Å². The minimum absolute atomic E-state index is 0.0698. The van der Waals surface area contributed by atoms with Crippen LogP contribution in [0.2, 0.25) is 0 Å². The van der Waals surface area contributed by atoms with Crippen LogP contribution < -0.4 is 10.2 Å². The number of fused-ring (bicyclic) bond motifs is 2. The van der Waals surface area contributed by atoms with E-state index in [0.29, 0.717) is 18.0 Å². The Hall–Kier alpha value is -3.01. The highest BCUT2D eigenvalue weighted by atomic mass is 16.5. The van der Waals surface area contributed by atoms with Gasteiger partial charge in [-0.2, -0.15) is 0 Å². The summed E-state index contributed by atoms with van der Waals surface area (Å²) in [6.45, 7) is 0.566. The van der Waals surface area contributed by atoms with Crippen molar-refractivity contribution in [1.29, 1.82) is 0 Å². The zero-order valence-corrected chi connectivity index (χ0v) is 11.6. The third-order valence-electron chi connectivity index (χ3n) is 3.66. The predicted octanol–water partition coefficient (Wildman–Crippen LogP) is 3.57. The molecule has 2 heterocycles. The van der Waals surface area contributed by atoms with Gasteiger partial charge in [-0.3, -0.25) is 4.79 Å². The number of hydrogen-bond donors (Lipinski definition) is 1. The lowest BCUT2D eigenvalue weighted by molar-refractivity contribution is 0.358. The molecule has 1 aromatic heterocycles. The van der Waals surface area contributed by atoms with Crippen molar-refractivity contribution in [2.45, 2.75) is 0 Å². The zero-order chi connectivity index (χ0) is 15.1. The quantitative estimate of drug-likeness (QED) is 0.745. The summed E-state index contributed by atoms with van der Waals surface area (Å²) in [6.07, 6.45) is 3.91. The third-order valence-corrected chi connectivity index (χ3v) is 3.66. The van der Waals surface area contributed by atoms with Gasteiger partial charge in [0.15, 0.2) is 5.43 Å². The molecule has 1 aliphatic heterocycles. The molecule has 108 valence electrons. The van der Waals surface area contributed by atoms with Crippen molar-refractivity contribution in [3.63, 3.8) is 0 Å². The SMILES string of the molecule is O=c1cc(-c2ccc3c(c2)C=CCO3)oc2cccc(O)c12. The second kappa shape index (κ2) is 4.77. The van der Waals surface area contributed by atoms with Crippen LogP contribution in [0.3, 0.4) is 0 Å². The van der Waals surface area contributed by atoms with Gasteiger partial charge in [-0.25, -0.2) is 0 Å². The van der Waals surface area contributed by atoms with E-state index in [1.807, 2.05) is 30.4 Å². The van der Waals surface area contributed by atoms with Gasteiger partial charge in [0.05, 0.1) is 0 Å². The van der Waals surface area contributed by atoms with Gasteiger partial charge in [-0.1, -0.05) is 12.1 Å². The Bertz CT molecular complexity index is 966. The van der Waals surface area contributed by atoms with E-state index >= 15 is 0 Å². The van der Waals surface area contributed by atoms with Crippen LogP contribution >= 0.6 is 0 Å². The van der Waals surface area contributed by atoms with E-state index in [0.717, 1.165) is 16.9 Å². The van der Waals surface area contributed by atoms with Crippen LogP contribution in [0.1, 0.15) is 5.56 Å². The summed E-state index contributed by atoms with van der Waals surface area (Å²) in [5, 5.41) is 9.99. The van der Waals surface area contributed by atoms with Gasteiger partial charge in [0, 0.05) is 17.2 Å². The second-order valence-corrected chi connectivity index (χ2v) is 5.09. The molecule has 0 saturated carbocycles. The number of hydrogen-bond acceptors (Lipinski definition) is 4. The maximum absolute atomic E-state index is 12.2. The predicted molar refractivity (Wildman–Crippen MR) is 84.1 cm³/mol. The van der Waals surface area contributed by atoms with E-state index < -0.39 is 0 Å². The van der Waals surface area contributed by atoms with Crippen molar-refractivity contribution < 1.29 is 14.3 Å². The van der Waals surface area contributed by atoms with Gasteiger partial charge in [0.2, 0.25) is 0 Å². The Kier molecular flexibility index (Phi) is 2.76. The van der Waals surface area contributed by atoms with Gasteiger partial charge in [0.1, 0.15) is 34.8 Å².